The van der Waals surface area contributed by atoms with Crippen LogP contribution in [0.5, 0.6) is 0 Å². The third-order valence-corrected chi connectivity index (χ3v) is 7.04. The molecule has 1 unspecified atom stereocenters. The fraction of sp³-hybridized carbons (Fsp3) is 0.650. The largest absolute Gasteiger partial charge is 0.375 e. The number of hydrogen-bond acceptors (Lipinski definition) is 5. The summed E-state index contributed by atoms with van der Waals surface area (Å²) < 4.78 is 59.8. The van der Waals surface area contributed by atoms with Crippen molar-refractivity contribution in [3.8, 4) is 0 Å². The predicted molar refractivity (Wildman–Crippen MR) is 113 cm³/mol. The lowest BCUT2D eigenvalue weighted by molar-refractivity contribution is -0.116. The Morgan fingerprint density at radius 3 is 2.57 bits per heavy atom. The maximum absolute atomic E-state index is 14.5. The van der Waals surface area contributed by atoms with Crippen LogP contribution < -0.4 is 14.9 Å². The van der Waals surface area contributed by atoms with Gasteiger partial charge >= 0.3 is 0 Å². The van der Waals surface area contributed by atoms with Gasteiger partial charge < -0.3 is 15.0 Å². The Balaban J connectivity index is 1.85. The van der Waals surface area contributed by atoms with E-state index in [2.05, 4.69) is 10.0 Å². The molecule has 1 aromatic carbocycles. The van der Waals surface area contributed by atoms with E-state index in [1.807, 2.05) is 6.92 Å². The molecule has 0 aromatic heterocycles. The zero-order chi connectivity index (χ0) is 22.5. The number of morpholine rings is 1. The van der Waals surface area contributed by atoms with Crippen molar-refractivity contribution in [2.24, 2.45) is 0 Å². The Kier molecular flexibility index (Phi) is 8.18. The molecule has 30 heavy (non-hydrogen) atoms. The molecule has 2 N–H and O–H groups in total. The zero-order valence-corrected chi connectivity index (χ0v) is 18.7. The molecule has 0 aliphatic carbocycles. The molecule has 1 atom stereocenters. The first-order chi connectivity index (χ1) is 13.9. The summed E-state index contributed by atoms with van der Waals surface area (Å²) in [5, 5.41) is 2.39. The molecular formula is C20H31F2N3O4S. The second-order valence-corrected chi connectivity index (χ2v) is 10.9. The lowest BCUT2D eigenvalue weighted by atomic mass is 10.2. The van der Waals surface area contributed by atoms with Crippen molar-refractivity contribution in [2.45, 2.75) is 57.8 Å². The highest BCUT2D eigenvalue weighted by Crippen LogP contribution is 2.28. The van der Waals surface area contributed by atoms with Crippen LogP contribution in [-0.4, -0.2) is 51.4 Å². The van der Waals surface area contributed by atoms with E-state index in [0.717, 1.165) is 0 Å². The first-order valence-corrected chi connectivity index (χ1v) is 11.5. The highest BCUT2D eigenvalue weighted by atomic mass is 32.2. The van der Waals surface area contributed by atoms with Crippen LogP contribution in [0.2, 0.25) is 0 Å². The summed E-state index contributed by atoms with van der Waals surface area (Å²) in [4.78, 5) is 13.8. The quantitative estimate of drug-likeness (QED) is 0.598. The lowest BCUT2D eigenvalue weighted by Gasteiger charge is -2.33. The Morgan fingerprint density at radius 1 is 1.23 bits per heavy atom. The Hall–Kier alpha value is -1.78. The Labute approximate surface area is 177 Å². The predicted octanol–water partition coefficient (Wildman–Crippen LogP) is 3.02. The molecule has 1 amide bonds. The van der Waals surface area contributed by atoms with Gasteiger partial charge in [-0.05, 0) is 52.7 Å². The van der Waals surface area contributed by atoms with Crippen molar-refractivity contribution in [1.29, 1.82) is 0 Å². The maximum atomic E-state index is 14.5. The van der Waals surface area contributed by atoms with Gasteiger partial charge in [0.05, 0.1) is 28.8 Å². The second kappa shape index (κ2) is 10.0. The number of rotatable bonds is 8. The van der Waals surface area contributed by atoms with Gasteiger partial charge in [0.2, 0.25) is 15.9 Å². The van der Waals surface area contributed by atoms with E-state index in [9.17, 15) is 22.0 Å². The van der Waals surface area contributed by atoms with Crippen molar-refractivity contribution in [2.75, 3.05) is 36.5 Å². The van der Waals surface area contributed by atoms with Gasteiger partial charge in [-0.1, -0.05) is 0 Å². The van der Waals surface area contributed by atoms with Crippen molar-refractivity contribution >= 4 is 27.3 Å². The third-order valence-electron chi connectivity index (χ3n) is 4.85. The van der Waals surface area contributed by atoms with Crippen LogP contribution in [0.3, 0.4) is 0 Å². The van der Waals surface area contributed by atoms with Gasteiger partial charge in [-0.3, -0.25) is 4.79 Å². The van der Waals surface area contributed by atoms with Crippen LogP contribution in [0, 0.1) is 11.6 Å². The highest BCUT2D eigenvalue weighted by Gasteiger charge is 2.28. The summed E-state index contributed by atoms with van der Waals surface area (Å²) >= 11 is 0. The number of benzene rings is 1. The molecule has 1 aliphatic heterocycles. The fourth-order valence-electron chi connectivity index (χ4n) is 2.96. The van der Waals surface area contributed by atoms with E-state index in [0.29, 0.717) is 32.5 Å². The molecular weight excluding hydrogens is 416 g/mol. The van der Waals surface area contributed by atoms with E-state index in [1.165, 1.54) is 12.1 Å². The molecule has 1 saturated heterocycles. The van der Waals surface area contributed by atoms with Crippen LogP contribution in [0.25, 0.3) is 0 Å². The number of anilines is 2. The number of carbonyl (C=O) groups excluding carboxylic acids is 1. The van der Waals surface area contributed by atoms with E-state index in [4.69, 9.17) is 4.74 Å². The monoisotopic (exact) mass is 447 g/mol. The third kappa shape index (κ3) is 6.36. The topological polar surface area (TPSA) is 87.7 Å². The van der Waals surface area contributed by atoms with E-state index in [-0.39, 0.29) is 30.4 Å². The lowest BCUT2D eigenvalue weighted by Crippen LogP contribution is -2.41. The Morgan fingerprint density at radius 2 is 1.93 bits per heavy atom. The minimum Gasteiger partial charge on any atom is -0.375 e. The summed E-state index contributed by atoms with van der Waals surface area (Å²) in [5.41, 5.74) is -0.0669. The van der Waals surface area contributed by atoms with E-state index in [1.54, 1.807) is 25.7 Å². The van der Waals surface area contributed by atoms with Crippen LogP contribution in [-0.2, 0) is 19.6 Å². The van der Waals surface area contributed by atoms with Crippen LogP contribution in [0.4, 0.5) is 20.2 Å². The molecule has 170 valence electrons. The number of sulfonamides is 1. The standard InChI is InChI=1S/C20H31F2N3O4S/c1-14-13-25(11-12-29-14)16-9-8-15(18(21)19(16)22)24-17(26)7-5-6-10-23-30(27,28)20(2,3)4/h8-9,14,23H,5-7,10-13H2,1-4H3,(H,24,26). The number of carbonyl (C=O) groups is 1. The van der Waals surface area contributed by atoms with Gasteiger partial charge in [0.1, 0.15) is 0 Å². The van der Waals surface area contributed by atoms with Crippen molar-refractivity contribution < 1.29 is 26.7 Å². The number of amides is 1. The summed E-state index contributed by atoms with van der Waals surface area (Å²) in [6.45, 7) is 8.23. The molecule has 10 heteroatoms. The van der Waals surface area contributed by atoms with Crippen LogP contribution in [0.15, 0.2) is 12.1 Å². The molecule has 1 fully saturated rings. The molecule has 0 saturated carbocycles. The molecule has 0 radical (unpaired) electrons. The number of nitrogens with one attached hydrogen (secondary N) is 2. The molecule has 7 nitrogen and oxygen atoms in total. The molecule has 1 aromatic rings. The second-order valence-electron chi connectivity index (χ2n) is 8.40. The van der Waals surface area contributed by atoms with E-state index < -0.39 is 32.3 Å². The molecule has 0 spiro atoms. The van der Waals surface area contributed by atoms with Gasteiger partial charge in [-0.15, -0.1) is 0 Å². The van der Waals surface area contributed by atoms with Gasteiger partial charge in [-0.2, -0.15) is 0 Å². The minimum atomic E-state index is -3.43. The SMILES string of the molecule is CC1CN(c2ccc(NC(=O)CCCCNS(=O)(=O)C(C)(C)C)c(F)c2F)CCO1. The van der Waals surface area contributed by atoms with Crippen molar-refractivity contribution in [3.05, 3.63) is 23.8 Å². The van der Waals surface area contributed by atoms with Gasteiger partial charge in [0.15, 0.2) is 11.6 Å². The average Bonchev–Trinajstić information content (AvgIpc) is 2.64. The van der Waals surface area contributed by atoms with Gasteiger partial charge in [0.25, 0.3) is 0 Å². The normalized spacial score (nSPS) is 17.8. The number of hydrogen-bond donors (Lipinski definition) is 2. The smallest absolute Gasteiger partial charge is 0.224 e. The zero-order valence-electron chi connectivity index (χ0n) is 17.9. The number of halogens is 2. The summed E-state index contributed by atoms with van der Waals surface area (Å²) in [5.74, 6) is -2.56. The molecule has 2 rings (SSSR count). The first kappa shape index (κ1) is 24.5. The van der Waals surface area contributed by atoms with Crippen molar-refractivity contribution in [1.82, 2.24) is 4.72 Å². The molecule has 1 heterocycles. The minimum absolute atomic E-state index is 0.0705. The Bertz CT molecular complexity index is 856. The average molecular weight is 448 g/mol. The van der Waals surface area contributed by atoms with Crippen molar-refractivity contribution in [3.63, 3.8) is 0 Å². The summed E-state index contributed by atoms with van der Waals surface area (Å²) in [6.07, 6.45) is 0.856. The fourth-order valence-corrected chi connectivity index (χ4v) is 3.81. The van der Waals surface area contributed by atoms with E-state index >= 15 is 0 Å². The molecule has 0 bridgehead atoms. The summed E-state index contributed by atoms with van der Waals surface area (Å²) in [7, 11) is -3.43. The maximum Gasteiger partial charge on any atom is 0.224 e. The van der Waals surface area contributed by atoms with Crippen LogP contribution >= 0.6 is 0 Å². The highest BCUT2D eigenvalue weighted by molar-refractivity contribution is 7.90. The number of ether oxygens (including phenoxy) is 1. The summed E-state index contributed by atoms with van der Waals surface area (Å²) in [6, 6.07) is 2.80. The number of unbranched alkanes of at least 4 members (excludes halogenated alkanes) is 1. The first-order valence-electron chi connectivity index (χ1n) is 10.1. The number of nitrogens with zero attached hydrogens (tertiary/aromatic N) is 1. The van der Waals surface area contributed by atoms with Gasteiger partial charge in [0, 0.05) is 26.1 Å². The van der Waals surface area contributed by atoms with Gasteiger partial charge in [-0.25, -0.2) is 21.9 Å². The molecule has 1 aliphatic rings. The van der Waals surface area contributed by atoms with Crippen LogP contribution in [0.1, 0.15) is 47.0 Å².